The molecule has 0 saturated heterocycles. The summed E-state index contributed by atoms with van der Waals surface area (Å²) in [5, 5.41) is 0. The van der Waals surface area contributed by atoms with Crippen LogP contribution in [0.4, 0.5) is 5.69 Å². The average Bonchev–Trinajstić information content (AvgIpc) is 3.09. The zero-order valence-corrected chi connectivity index (χ0v) is 12.5. The first-order valence-corrected chi connectivity index (χ1v) is 7.59. The average molecular weight is 266 g/mol. The number of hydrogen-bond acceptors (Lipinski definition) is 1. The molecule has 1 N–H and O–H groups in total. The first-order valence-electron chi connectivity index (χ1n) is 7.59. The Morgan fingerprint density at radius 3 is 2.70 bits per heavy atom. The maximum absolute atomic E-state index is 3.60. The molecule has 1 aromatic heterocycles. The molecule has 2 aromatic rings. The van der Waals surface area contributed by atoms with E-state index < -0.39 is 0 Å². The number of aromatic amines is 1. The third-order valence-electron chi connectivity index (χ3n) is 4.81. The highest BCUT2D eigenvalue weighted by atomic mass is 15.1. The Morgan fingerprint density at radius 2 is 1.95 bits per heavy atom. The van der Waals surface area contributed by atoms with Gasteiger partial charge in [0, 0.05) is 36.1 Å². The molecule has 2 nitrogen and oxygen atoms in total. The van der Waals surface area contributed by atoms with Crippen molar-refractivity contribution >= 4 is 5.69 Å². The lowest BCUT2D eigenvalue weighted by molar-refractivity contribution is 0.563. The van der Waals surface area contributed by atoms with E-state index in [2.05, 4.69) is 61.1 Å². The van der Waals surface area contributed by atoms with Crippen molar-refractivity contribution in [3.63, 3.8) is 0 Å². The summed E-state index contributed by atoms with van der Waals surface area (Å²) in [6, 6.07) is 11.4. The van der Waals surface area contributed by atoms with E-state index in [1.807, 2.05) is 0 Å². The molecular weight excluding hydrogens is 244 g/mol. The molecule has 1 aliphatic carbocycles. The van der Waals surface area contributed by atoms with Gasteiger partial charge in [-0.1, -0.05) is 26.0 Å². The van der Waals surface area contributed by atoms with Gasteiger partial charge in [0.05, 0.1) is 0 Å². The lowest BCUT2D eigenvalue weighted by Gasteiger charge is -2.18. The number of fused-ring (bicyclic) bond motifs is 1. The zero-order valence-electron chi connectivity index (χ0n) is 12.5. The van der Waals surface area contributed by atoms with Gasteiger partial charge in [0.25, 0.3) is 0 Å². The predicted octanol–water partition coefficient (Wildman–Crippen LogP) is 4.29. The molecule has 1 fully saturated rings. The quantitative estimate of drug-likeness (QED) is 0.859. The molecule has 1 saturated carbocycles. The molecular formula is C18H22N2. The number of H-pyrrole nitrogens is 1. The molecule has 2 aliphatic rings. The van der Waals surface area contributed by atoms with Crippen LogP contribution in [0.25, 0.3) is 11.3 Å². The molecule has 1 aromatic carbocycles. The van der Waals surface area contributed by atoms with Crippen LogP contribution in [0.5, 0.6) is 0 Å². The maximum Gasteiger partial charge on any atom is 0.0456 e. The Bertz CT molecular complexity index is 662. The smallest absolute Gasteiger partial charge is 0.0456 e. The molecule has 0 bridgehead atoms. The molecule has 0 unspecified atom stereocenters. The summed E-state index contributed by atoms with van der Waals surface area (Å²) >= 11 is 0. The Labute approximate surface area is 120 Å². The second-order valence-corrected chi connectivity index (χ2v) is 7.07. The molecule has 0 amide bonds. The number of rotatable bonds is 2. The van der Waals surface area contributed by atoms with Crippen LogP contribution in [0, 0.1) is 0 Å². The minimum Gasteiger partial charge on any atom is -0.373 e. The van der Waals surface area contributed by atoms with Gasteiger partial charge in [0.2, 0.25) is 0 Å². The van der Waals surface area contributed by atoms with E-state index in [4.69, 9.17) is 0 Å². The summed E-state index contributed by atoms with van der Waals surface area (Å²) in [5.41, 5.74) is 7.09. The summed E-state index contributed by atoms with van der Waals surface area (Å²) in [6.07, 6.45) is 2.70. The van der Waals surface area contributed by atoms with Crippen molar-refractivity contribution in [2.24, 2.45) is 0 Å². The third kappa shape index (κ3) is 1.78. The predicted molar refractivity (Wildman–Crippen MR) is 84.5 cm³/mol. The van der Waals surface area contributed by atoms with E-state index >= 15 is 0 Å². The van der Waals surface area contributed by atoms with Gasteiger partial charge in [-0.2, -0.15) is 0 Å². The maximum atomic E-state index is 3.60. The minimum atomic E-state index is 0.261. The monoisotopic (exact) mass is 266 g/mol. The molecule has 20 heavy (non-hydrogen) atoms. The van der Waals surface area contributed by atoms with Crippen molar-refractivity contribution in [1.29, 1.82) is 0 Å². The molecule has 104 valence electrons. The van der Waals surface area contributed by atoms with Gasteiger partial charge in [-0.25, -0.2) is 0 Å². The second kappa shape index (κ2) is 3.91. The first kappa shape index (κ1) is 12.1. The molecule has 1 aliphatic heterocycles. The SMILES string of the molecule is CN1CC(C)(C)c2ccc(-c3ccc(C4CC4)[nH]3)cc21. The summed E-state index contributed by atoms with van der Waals surface area (Å²) in [4.78, 5) is 5.98. The number of anilines is 1. The number of nitrogens with one attached hydrogen (secondary N) is 1. The Hall–Kier alpha value is -1.70. The molecule has 0 spiro atoms. The van der Waals surface area contributed by atoms with E-state index in [1.54, 1.807) is 0 Å². The van der Waals surface area contributed by atoms with Crippen molar-refractivity contribution in [2.45, 2.75) is 38.0 Å². The summed E-state index contributed by atoms with van der Waals surface area (Å²) < 4.78 is 0. The van der Waals surface area contributed by atoms with Gasteiger partial charge in [-0.05, 0) is 48.1 Å². The number of hydrogen-bond donors (Lipinski definition) is 1. The van der Waals surface area contributed by atoms with E-state index in [0.29, 0.717) is 0 Å². The fourth-order valence-corrected chi connectivity index (χ4v) is 3.56. The molecule has 2 heterocycles. The molecule has 0 atom stereocenters. The van der Waals surface area contributed by atoms with Crippen LogP contribution in [0.3, 0.4) is 0 Å². The standard InChI is InChI=1S/C18H22N2/c1-18(2)11-20(3)17-10-13(6-7-14(17)18)16-9-8-15(19-16)12-4-5-12/h6-10,12,19H,4-5,11H2,1-3H3. The van der Waals surface area contributed by atoms with Gasteiger partial charge in [-0.15, -0.1) is 0 Å². The van der Waals surface area contributed by atoms with Crippen molar-refractivity contribution in [3.05, 3.63) is 41.6 Å². The van der Waals surface area contributed by atoms with Crippen LogP contribution >= 0.6 is 0 Å². The topological polar surface area (TPSA) is 19.0 Å². The van der Waals surface area contributed by atoms with Crippen LogP contribution in [-0.2, 0) is 5.41 Å². The van der Waals surface area contributed by atoms with Crippen LogP contribution in [0.15, 0.2) is 30.3 Å². The fraction of sp³-hybridized carbons (Fsp3) is 0.444. The number of aromatic nitrogens is 1. The number of nitrogens with zero attached hydrogens (tertiary/aromatic N) is 1. The highest BCUT2D eigenvalue weighted by Gasteiger charge is 2.33. The summed E-state index contributed by atoms with van der Waals surface area (Å²) in [5.74, 6) is 0.791. The van der Waals surface area contributed by atoms with Gasteiger partial charge in [0.1, 0.15) is 0 Å². The van der Waals surface area contributed by atoms with E-state index in [1.165, 1.54) is 41.0 Å². The molecule has 2 heteroatoms. The van der Waals surface area contributed by atoms with E-state index in [-0.39, 0.29) is 5.41 Å². The lowest BCUT2D eigenvalue weighted by Crippen LogP contribution is -2.24. The number of likely N-dealkylation sites (N-methyl/N-ethyl adjacent to an activating group) is 1. The van der Waals surface area contributed by atoms with Crippen LogP contribution in [-0.4, -0.2) is 18.6 Å². The van der Waals surface area contributed by atoms with Crippen molar-refractivity contribution in [1.82, 2.24) is 4.98 Å². The zero-order chi connectivity index (χ0) is 13.9. The van der Waals surface area contributed by atoms with Crippen LogP contribution < -0.4 is 4.90 Å². The Kier molecular flexibility index (Phi) is 2.36. The highest BCUT2D eigenvalue weighted by molar-refractivity contribution is 5.72. The Morgan fingerprint density at radius 1 is 1.15 bits per heavy atom. The van der Waals surface area contributed by atoms with Gasteiger partial charge >= 0.3 is 0 Å². The Balaban J connectivity index is 1.74. The summed E-state index contributed by atoms with van der Waals surface area (Å²) in [6.45, 7) is 5.76. The van der Waals surface area contributed by atoms with Crippen LogP contribution in [0.2, 0.25) is 0 Å². The summed E-state index contributed by atoms with van der Waals surface area (Å²) in [7, 11) is 2.20. The van der Waals surface area contributed by atoms with Crippen molar-refractivity contribution in [3.8, 4) is 11.3 Å². The van der Waals surface area contributed by atoms with E-state index in [9.17, 15) is 0 Å². The second-order valence-electron chi connectivity index (χ2n) is 7.07. The van der Waals surface area contributed by atoms with Crippen LogP contribution in [0.1, 0.15) is 43.9 Å². The largest absolute Gasteiger partial charge is 0.373 e. The highest BCUT2D eigenvalue weighted by Crippen LogP contribution is 2.43. The molecule has 0 radical (unpaired) electrons. The van der Waals surface area contributed by atoms with Gasteiger partial charge in [-0.3, -0.25) is 0 Å². The minimum absolute atomic E-state index is 0.261. The van der Waals surface area contributed by atoms with Crippen molar-refractivity contribution in [2.75, 3.05) is 18.5 Å². The lowest BCUT2D eigenvalue weighted by atomic mass is 9.86. The third-order valence-corrected chi connectivity index (χ3v) is 4.81. The fourth-order valence-electron chi connectivity index (χ4n) is 3.56. The normalized spacial score (nSPS) is 20.2. The van der Waals surface area contributed by atoms with Gasteiger partial charge < -0.3 is 9.88 Å². The number of benzene rings is 1. The van der Waals surface area contributed by atoms with Gasteiger partial charge in [0.15, 0.2) is 0 Å². The van der Waals surface area contributed by atoms with Crippen molar-refractivity contribution < 1.29 is 0 Å². The first-order chi connectivity index (χ1) is 9.54. The molecule has 4 rings (SSSR count). The van der Waals surface area contributed by atoms with E-state index in [0.717, 1.165) is 12.5 Å².